The topological polar surface area (TPSA) is 98.2 Å². The average molecular weight is 392 g/mol. The first-order chi connectivity index (χ1) is 13.6. The van der Waals surface area contributed by atoms with E-state index in [2.05, 4.69) is 20.4 Å². The molecule has 0 unspecified atom stereocenters. The molecule has 142 valence electrons. The maximum absolute atomic E-state index is 12.9. The second kappa shape index (κ2) is 7.40. The Bertz CT molecular complexity index is 1180. The van der Waals surface area contributed by atoms with Crippen LogP contribution in [0.5, 0.6) is 0 Å². The number of anilines is 1. The van der Waals surface area contributed by atoms with Gasteiger partial charge < -0.3 is 11.1 Å². The smallest absolute Gasteiger partial charge is 0.257 e. The molecule has 7 nitrogen and oxygen atoms in total. The summed E-state index contributed by atoms with van der Waals surface area (Å²) in [5.74, 6) is -0.0505. The molecule has 4 rings (SSSR count). The van der Waals surface area contributed by atoms with Crippen LogP contribution in [0.25, 0.3) is 22.2 Å². The van der Waals surface area contributed by atoms with E-state index < -0.39 is 0 Å². The minimum absolute atomic E-state index is 0.0216. The lowest BCUT2D eigenvalue weighted by atomic mass is 10.2. The molecule has 0 fully saturated rings. The molecule has 0 aliphatic heterocycles. The lowest BCUT2D eigenvalue weighted by Crippen LogP contribution is -2.32. The molecule has 0 saturated heterocycles. The number of thiophene rings is 1. The first kappa shape index (κ1) is 18.1. The van der Waals surface area contributed by atoms with Crippen LogP contribution in [0, 0.1) is 0 Å². The summed E-state index contributed by atoms with van der Waals surface area (Å²) in [6.45, 7) is 3.96. The molecular formula is C20H20N6OS. The van der Waals surface area contributed by atoms with Gasteiger partial charge in [-0.3, -0.25) is 4.79 Å². The van der Waals surface area contributed by atoms with Crippen molar-refractivity contribution in [3.63, 3.8) is 0 Å². The fourth-order valence-electron chi connectivity index (χ4n) is 2.87. The van der Waals surface area contributed by atoms with Crippen LogP contribution in [-0.2, 0) is 0 Å². The van der Waals surface area contributed by atoms with Crippen molar-refractivity contribution in [1.82, 2.24) is 20.0 Å². The minimum atomic E-state index is -0.272. The van der Waals surface area contributed by atoms with Gasteiger partial charge in [-0.15, -0.1) is 11.3 Å². The Morgan fingerprint density at radius 3 is 2.71 bits per heavy atom. The number of amides is 1. The van der Waals surface area contributed by atoms with Gasteiger partial charge in [-0.1, -0.05) is 25.1 Å². The molecule has 0 aliphatic rings. The Morgan fingerprint density at radius 2 is 2.04 bits per heavy atom. The van der Waals surface area contributed by atoms with Crippen LogP contribution in [0.3, 0.4) is 0 Å². The summed E-state index contributed by atoms with van der Waals surface area (Å²) in [7, 11) is 0. The number of fused-ring (bicyclic) bond motifs is 2. The Labute approximate surface area is 165 Å². The second-order valence-corrected chi connectivity index (χ2v) is 7.48. The summed E-state index contributed by atoms with van der Waals surface area (Å²) in [4.78, 5) is 23.2. The van der Waals surface area contributed by atoms with E-state index in [0.29, 0.717) is 27.8 Å². The standard InChI is InChI=1S/C20H20N6OS/c1-3-12(2)23-20(27)16-17-19(25-15-9-5-4-8-14(15)24-17)26(18(16)21)22-11-13-7-6-10-28-13/h4-12H,3,21H2,1-2H3,(H,23,27)/t12-/m0/s1. The molecule has 8 heteroatoms. The number of benzene rings is 1. The third-order valence-electron chi connectivity index (χ3n) is 4.53. The van der Waals surface area contributed by atoms with E-state index in [4.69, 9.17) is 5.73 Å². The Balaban J connectivity index is 1.93. The highest BCUT2D eigenvalue weighted by Crippen LogP contribution is 2.28. The number of nitrogens with one attached hydrogen (secondary N) is 1. The van der Waals surface area contributed by atoms with Gasteiger partial charge in [0.2, 0.25) is 0 Å². The number of nitrogen functional groups attached to an aromatic ring is 1. The molecule has 3 heterocycles. The molecule has 1 atom stereocenters. The van der Waals surface area contributed by atoms with Crippen LogP contribution in [0.1, 0.15) is 35.5 Å². The summed E-state index contributed by atoms with van der Waals surface area (Å²) in [5, 5.41) is 9.41. The van der Waals surface area contributed by atoms with Crippen LogP contribution in [0.4, 0.5) is 5.82 Å². The van der Waals surface area contributed by atoms with Crippen molar-refractivity contribution in [2.75, 3.05) is 5.73 Å². The van der Waals surface area contributed by atoms with Crippen LogP contribution < -0.4 is 11.1 Å². The molecular weight excluding hydrogens is 372 g/mol. The summed E-state index contributed by atoms with van der Waals surface area (Å²) in [6.07, 6.45) is 2.52. The third kappa shape index (κ3) is 3.22. The summed E-state index contributed by atoms with van der Waals surface area (Å²) in [5.41, 5.74) is 8.97. The minimum Gasteiger partial charge on any atom is -0.383 e. The van der Waals surface area contributed by atoms with Crippen molar-refractivity contribution >= 4 is 51.5 Å². The van der Waals surface area contributed by atoms with E-state index in [0.717, 1.165) is 11.3 Å². The molecule has 4 aromatic rings. The van der Waals surface area contributed by atoms with Gasteiger partial charge in [-0.25, -0.2) is 9.97 Å². The van der Waals surface area contributed by atoms with Gasteiger partial charge in [0, 0.05) is 10.9 Å². The lowest BCUT2D eigenvalue weighted by Gasteiger charge is -2.11. The Hall–Kier alpha value is -3.26. The molecule has 0 saturated carbocycles. The summed E-state index contributed by atoms with van der Waals surface area (Å²) >= 11 is 1.56. The Kier molecular flexibility index (Phi) is 4.79. The number of hydrogen-bond donors (Lipinski definition) is 2. The largest absolute Gasteiger partial charge is 0.383 e. The van der Waals surface area contributed by atoms with Crippen molar-refractivity contribution in [1.29, 1.82) is 0 Å². The van der Waals surface area contributed by atoms with Crippen molar-refractivity contribution in [2.24, 2.45) is 5.10 Å². The van der Waals surface area contributed by atoms with E-state index >= 15 is 0 Å². The van der Waals surface area contributed by atoms with Crippen LogP contribution in [0.2, 0.25) is 0 Å². The highest BCUT2D eigenvalue weighted by atomic mass is 32.1. The van der Waals surface area contributed by atoms with E-state index in [1.165, 1.54) is 4.68 Å². The average Bonchev–Trinajstić information content (AvgIpc) is 3.30. The number of carbonyl (C=O) groups is 1. The van der Waals surface area contributed by atoms with Gasteiger partial charge >= 0.3 is 0 Å². The van der Waals surface area contributed by atoms with Gasteiger partial charge in [0.05, 0.1) is 17.2 Å². The quantitative estimate of drug-likeness (QED) is 0.507. The molecule has 0 aliphatic carbocycles. The summed E-state index contributed by atoms with van der Waals surface area (Å²) < 4.78 is 1.49. The third-order valence-corrected chi connectivity index (χ3v) is 5.34. The highest BCUT2D eigenvalue weighted by molar-refractivity contribution is 7.11. The van der Waals surface area contributed by atoms with Gasteiger partial charge in [0.15, 0.2) is 5.65 Å². The van der Waals surface area contributed by atoms with E-state index in [-0.39, 0.29) is 17.8 Å². The Morgan fingerprint density at radius 1 is 1.29 bits per heavy atom. The van der Waals surface area contributed by atoms with E-state index in [1.54, 1.807) is 17.6 Å². The van der Waals surface area contributed by atoms with Crippen LogP contribution >= 0.6 is 11.3 Å². The fraction of sp³-hybridized carbons (Fsp3) is 0.200. The predicted molar refractivity (Wildman–Crippen MR) is 114 cm³/mol. The highest BCUT2D eigenvalue weighted by Gasteiger charge is 2.24. The number of nitrogens with two attached hydrogens (primary N) is 1. The molecule has 0 spiro atoms. The monoisotopic (exact) mass is 392 g/mol. The number of rotatable bonds is 5. The number of carbonyl (C=O) groups excluding carboxylic acids is 1. The van der Waals surface area contributed by atoms with Crippen LogP contribution in [0.15, 0.2) is 46.9 Å². The zero-order valence-corrected chi connectivity index (χ0v) is 16.4. The zero-order chi connectivity index (χ0) is 19.7. The van der Waals surface area contributed by atoms with Crippen molar-refractivity contribution in [3.05, 3.63) is 52.2 Å². The maximum atomic E-state index is 12.9. The molecule has 3 N–H and O–H groups in total. The normalized spacial score (nSPS) is 12.8. The van der Waals surface area contributed by atoms with Gasteiger partial charge in [0.1, 0.15) is 16.9 Å². The van der Waals surface area contributed by atoms with Gasteiger partial charge in [0.25, 0.3) is 5.91 Å². The maximum Gasteiger partial charge on any atom is 0.257 e. The number of hydrogen-bond acceptors (Lipinski definition) is 6. The van der Waals surface area contributed by atoms with Crippen molar-refractivity contribution in [2.45, 2.75) is 26.3 Å². The van der Waals surface area contributed by atoms with Crippen molar-refractivity contribution in [3.8, 4) is 0 Å². The first-order valence-corrected chi connectivity index (χ1v) is 9.91. The van der Waals surface area contributed by atoms with Gasteiger partial charge in [-0.2, -0.15) is 9.78 Å². The molecule has 0 radical (unpaired) electrons. The summed E-state index contributed by atoms with van der Waals surface area (Å²) in [6, 6.07) is 11.4. The number of para-hydroxylation sites is 2. The van der Waals surface area contributed by atoms with Crippen LogP contribution in [-0.4, -0.2) is 32.8 Å². The SMILES string of the molecule is CC[C@H](C)NC(=O)c1c(N)n(N=Cc2cccs2)c2nc3ccccc3nc12. The zero-order valence-electron chi connectivity index (χ0n) is 15.6. The van der Waals surface area contributed by atoms with E-state index in [1.807, 2.05) is 55.6 Å². The molecule has 1 amide bonds. The number of aromatic nitrogens is 3. The molecule has 3 aromatic heterocycles. The first-order valence-electron chi connectivity index (χ1n) is 9.04. The molecule has 1 aromatic carbocycles. The second-order valence-electron chi connectivity index (χ2n) is 6.50. The fourth-order valence-corrected chi connectivity index (χ4v) is 3.44. The molecule has 0 bridgehead atoms. The predicted octanol–water partition coefficient (Wildman–Crippen LogP) is 3.64. The van der Waals surface area contributed by atoms with Gasteiger partial charge in [-0.05, 0) is 36.9 Å². The van der Waals surface area contributed by atoms with E-state index in [9.17, 15) is 4.79 Å². The number of nitrogens with zero attached hydrogens (tertiary/aromatic N) is 4. The lowest BCUT2D eigenvalue weighted by molar-refractivity contribution is 0.0941. The molecule has 28 heavy (non-hydrogen) atoms. The van der Waals surface area contributed by atoms with Crippen molar-refractivity contribution < 1.29 is 4.79 Å².